The summed E-state index contributed by atoms with van der Waals surface area (Å²) in [6, 6.07) is 0. The SMILES string of the molecule is CCCCC[C@@H]1CC(Br)C[C@H](CCCCC)O1. The number of hydrogen-bond donors (Lipinski definition) is 0. The maximum absolute atomic E-state index is 6.22. The molecule has 1 aliphatic heterocycles. The molecule has 0 aromatic heterocycles. The molecule has 1 heterocycles. The van der Waals surface area contributed by atoms with E-state index in [-0.39, 0.29) is 0 Å². The Kier molecular flexibility index (Phi) is 8.55. The van der Waals surface area contributed by atoms with Crippen LogP contribution in [-0.2, 0) is 4.74 Å². The fourth-order valence-electron chi connectivity index (χ4n) is 2.67. The van der Waals surface area contributed by atoms with Gasteiger partial charge in [-0.2, -0.15) is 0 Å². The van der Waals surface area contributed by atoms with Crippen LogP contribution in [0.5, 0.6) is 0 Å². The van der Waals surface area contributed by atoms with Gasteiger partial charge in [0.1, 0.15) is 0 Å². The number of rotatable bonds is 8. The molecule has 1 aliphatic rings. The molecule has 1 rings (SSSR count). The fourth-order valence-corrected chi connectivity index (χ4v) is 3.50. The van der Waals surface area contributed by atoms with Crippen LogP contribution in [0.3, 0.4) is 0 Å². The third kappa shape index (κ3) is 6.81. The van der Waals surface area contributed by atoms with E-state index in [2.05, 4.69) is 29.8 Å². The lowest BCUT2D eigenvalue weighted by molar-refractivity contribution is -0.0545. The van der Waals surface area contributed by atoms with Gasteiger partial charge in [-0.25, -0.2) is 0 Å². The minimum Gasteiger partial charge on any atom is -0.375 e. The van der Waals surface area contributed by atoms with Gasteiger partial charge < -0.3 is 4.74 Å². The summed E-state index contributed by atoms with van der Waals surface area (Å²) in [6.07, 6.45) is 14.0. The second kappa shape index (κ2) is 9.38. The minimum atomic E-state index is 0.520. The van der Waals surface area contributed by atoms with Gasteiger partial charge in [0.2, 0.25) is 0 Å². The maximum atomic E-state index is 6.22. The molecular formula is C15H29BrO. The molecule has 1 saturated heterocycles. The zero-order chi connectivity index (χ0) is 12.5. The average Bonchev–Trinajstić information content (AvgIpc) is 2.29. The van der Waals surface area contributed by atoms with Gasteiger partial charge in [0, 0.05) is 4.83 Å². The number of halogens is 1. The van der Waals surface area contributed by atoms with E-state index in [4.69, 9.17) is 4.74 Å². The van der Waals surface area contributed by atoms with E-state index in [1.54, 1.807) is 0 Å². The molecule has 0 N–H and O–H groups in total. The first kappa shape index (κ1) is 15.5. The Labute approximate surface area is 116 Å². The molecule has 0 aromatic carbocycles. The molecule has 0 saturated carbocycles. The lowest BCUT2D eigenvalue weighted by Crippen LogP contribution is -2.33. The van der Waals surface area contributed by atoms with E-state index in [1.807, 2.05) is 0 Å². The summed E-state index contributed by atoms with van der Waals surface area (Å²) in [5.74, 6) is 0. The summed E-state index contributed by atoms with van der Waals surface area (Å²) < 4.78 is 6.22. The van der Waals surface area contributed by atoms with Crippen molar-refractivity contribution in [2.24, 2.45) is 0 Å². The van der Waals surface area contributed by atoms with Crippen LogP contribution in [0.15, 0.2) is 0 Å². The van der Waals surface area contributed by atoms with Crippen LogP contribution in [-0.4, -0.2) is 17.0 Å². The first-order valence-corrected chi connectivity index (χ1v) is 8.47. The number of ether oxygens (including phenoxy) is 1. The van der Waals surface area contributed by atoms with Crippen LogP contribution in [0.1, 0.15) is 78.1 Å². The summed E-state index contributed by atoms with van der Waals surface area (Å²) in [4.78, 5) is 0.689. The van der Waals surface area contributed by atoms with Crippen LogP contribution in [0.4, 0.5) is 0 Å². The second-order valence-corrected chi connectivity index (χ2v) is 6.74. The average molecular weight is 305 g/mol. The van der Waals surface area contributed by atoms with Crippen LogP contribution < -0.4 is 0 Å². The number of unbranched alkanes of at least 4 members (excludes halogenated alkanes) is 4. The van der Waals surface area contributed by atoms with Gasteiger partial charge >= 0.3 is 0 Å². The highest BCUT2D eigenvalue weighted by molar-refractivity contribution is 9.09. The van der Waals surface area contributed by atoms with Gasteiger partial charge in [0.15, 0.2) is 0 Å². The Bertz CT molecular complexity index is 166. The molecule has 0 spiro atoms. The lowest BCUT2D eigenvalue weighted by Gasteiger charge is -2.33. The van der Waals surface area contributed by atoms with Crippen molar-refractivity contribution in [3.05, 3.63) is 0 Å². The molecule has 0 amide bonds. The Morgan fingerprint density at radius 1 is 0.882 bits per heavy atom. The van der Waals surface area contributed by atoms with Gasteiger partial charge in [-0.3, -0.25) is 0 Å². The highest BCUT2D eigenvalue weighted by Crippen LogP contribution is 2.30. The van der Waals surface area contributed by atoms with Crippen molar-refractivity contribution in [3.8, 4) is 0 Å². The van der Waals surface area contributed by atoms with Gasteiger partial charge in [-0.15, -0.1) is 0 Å². The summed E-state index contributed by atoms with van der Waals surface area (Å²) >= 11 is 3.81. The summed E-state index contributed by atoms with van der Waals surface area (Å²) in [6.45, 7) is 4.53. The van der Waals surface area contributed by atoms with Crippen molar-refractivity contribution < 1.29 is 4.74 Å². The number of hydrogen-bond acceptors (Lipinski definition) is 1. The Balaban J connectivity index is 2.21. The van der Waals surface area contributed by atoms with Crippen molar-refractivity contribution in [3.63, 3.8) is 0 Å². The first-order valence-electron chi connectivity index (χ1n) is 7.55. The predicted molar refractivity (Wildman–Crippen MR) is 78.9 cm³/mol. The molecule has 1 fully saturated rings. The molecule has 2 heteroatoms. The van der Waals surface area contributed by atoms with E-state index in [1.165, 1.54) is 64.2 Å². The smallest absolute Gasteiger partial charge is 0.0589 e. The highest BCUT2D eigenvalue weighted by atomic mass is 79.9. The topological polar surface area (TPSA) is 9.23 Å². The largest absolute Gasteiger partial charge is 0.375 e. The predicted octanol–water partition coefficient (Wildman–Crippen LogP) is 5.46. The zero-order valence-electron chi connectivity index (χ0n) is 11.6. The summed E-state index contributed by atoms with van der Waals surface area (Å²) in [5, 5.41) is 0. The summed E-state index contributed by atoms with van der Waals surface area (Å²) in [5.41, 5.74) is 0. The van der Waals surface area contributed by atoms with Crippen molar-refractivity contribution >= 4 is 15.9 Å². The van der Waals surface area contributed by atoms with E-state index in [9.17, 15) is 0 Å². The molecule has 0 bridgehead atoms. The van der Waals surface area contributed by atoms with Gasteiger partial charge in [0.25, 0.3) is 0 Å². The van der Waals surface area contributed by atoms with Crippen LogP contribution in [0.2, 0.25) is 0 Å². The Hall–Kier alpha value is 0.440. The van der Waals surface area contributed by atoms with Crippen molar-refractivity contribution in [2.75, 3.05) is 0 Å². The quantitative estimate of drug-likeness (QED) is 0.427. The lowest BCUT2D eigenvalue weighted by atomic mass is 9.97. The second-order valence-electron chi connectivity index (χ2n) is 5.44. The molecule has 0 aliphatic carbocycles. The maximum Gasteiger partial charge on any atom is 0.0589 e. The molecule has 17 heavy (non-hydrogen) atoms. The van der Waals surface area contributed by atoms with E-state index in [0.717, 1.165) is 0 Å². The molecule has 1 unspecified atom stereocenters. The van der Waals surface area contributed by atoms with Crippen molar-refractivity contribution in [2.45, 2.75) is 95.1 Å². The third-order valence-corrected chi connectivity index (χ3v) is 4.43. The standard InChI is InChI=1S/C15H29BrO/c1-3-5-7-9-14-11-13(16)12-15(17-14)10-8-6-4-2/h13-15H,3-12H2,1-2H3/t13?,14-,15+. The van der Waals surface area contributed by atoms with Crippen molar-refractivity contribution in [1.82, 2.24) is 0 Å². The zero-order valence-corrected chi connectivity index (χ0v) is 13.2. The molecule has 3 atom stereocenters. The molecule has 0 aromatic rings. The molecule has 0 radical (unpaired) electrons. The fraction of sp³-hybridized carbons (Fsp3) is 1.00. The van der Waals surface area contributed by atoms with Gasteiger partial charge in [-0.1, -0.05) is 68.3 Å². The number of alkyl halides is 1. The third-order valence-electron chi connectivity index (χ3n) is 3.68. The van der Waals surface area contributed by atoms with E-state index < -0.39 is 0 Å². The normalized spacial score (nSPS) is 29.5. The monoisotopic (exact) mass is 304 g/mol. The Morgan fingerprint density at radius 2 is 1.35 bits per heavy atom. The molecule has 1 nitrogen and oxygen atoms in total. The molecular weight excluding hydrogens is 276 g/mol. The van der Waals surface area contributed by atoms with Crippen LogP contribution >= 0.6 is 15.9 Å². The van der Waals surface area contributed by atoms with E-state index in [0.29, 0.717) is 17.0 Å². The van der Waals surface area contributed by atoms with Gasteiger partial charge in [-0.05, 0) is 25.7 Å². The van der Waals surface area contributed by atoms with E-state index >= 15 is 0 Å². The van der Waals surface area contributed by atoms with Gasteiger partial charge in [0.05, 0.1) is 12.2 Å². The Morgan fingerprint density at radius 3 is 1.76 bits per heavy atom. The van der Waals surface area contributed by atoms with Crippen molar-refractivity contribution in [1.29, 1.82) is 0 Å². The summed E-state index contributed by atoms with van der Waals surface area (Å²) in [7, 11) is 0. The minimum absolute atomic E-state index is 0.520. The van der Waals surface area contributed by atoms with Crippen LogP contribution in [0, 0.1) is 0 Å². The highest BCUT2D eigenvalue weighted by Gasteiger charge is 2.27. The van der Waals surface area contributed by atoms with Crippen LogP contribution in [0.25, 0.3) is 0 Å². The first-order chi connectivity index (χ1) is 8.26. The molecule has 102 valence electrons.